The molecule has 0 aliphatic carbocycles. The second-order valence-electron chi connectivity index (χ2n) is 6.28. The van der Waals surface area contributed by atoms with Gasteiger partial charge in [0.05, 0.1) is 0 Å². The highest BCUT2D eigenvalue weighted by molar-refractivity contribution is 6.28. The van der Waals surface area contributed by atoms with Crippen molar-refractivity contribution in [3.8, 4) is 0 Å². The Morgan fingerprint density at radius 3 is 1.71 bits per heavy atom. The van der Waals surface area contributed by atoms with Gasteiger partial charge in [-0.05, 0) is 64.0 Å². The third kappa shape index (κ3) is 3.23. The van der Waals surface area contributed by atoms with Crippen LogP contribution in [0.4, 0.5) is 11.9 Å². The van der Waals surface area contributed by atoms with E-state index in [0.717, 1.165) is 25.0 Å². The minimum Gasteiger partial charge on any atom is -0.338 e. The Labute approximate surface area is 131 Å². The van der Waals surface area contributed by atoms with Gasteiger partial charge in [-0.2, -0.15) is 15.0 Å². The molecule has 2 aliphatic rings. The minimum absolute atomic E-state index is 0.311. The quantitative estimate of drug-likeness (QED) is 0.839. The topological polar surface area (TPSA) is 45.2 Å². The van der Waals surface area contributed by atoms with Crippen molar-refractivity contribution in [2.45, 2.75) is 64.5 Å². The predicted molar refractivity (Wildman–Crippen MR) is 86.2 cm³/mol. The van der Waals surface area contributed by atoms with E-state index in [1.54, 1.807) is 0 Å². The van der Waals surface area contributed by atoms with Crippen LogP contribution in [0.3, 0.4) is 0 Å². The lowest BCUT2D eigenvalue weighted by Gasteiger charge is -2.36. The maximum Gasteiger partial charge on any atom is 0.231 e. The van der Waals surface area contributed by atoms with Crippen molar-refractivity contribution in [3.05, 3.63) is 5.28 Å². The summed E-state index contributed by atoms with van der Waals surface area (Å²) in [5.74, 6) is 1.49. The van der Waals surface area contributed by atoms with Crippen molar-refractivity contribution in [3.63, 3.8) is 0 Å². The van der Waals surface area contributed by atoms with E-state index in [1.165, 1.54) is 38.5 Å². The second kappa shape index (κ2) is 6.34. The number of rotatable bonds is 2. The van der Waals surface area contributed by atoms with Gasteiger partial charge in [0.15, 0.2) is 0 Å². The zero-order chi connectivity index (χ0) is 14.8. The first kappa shape index (κ1) is 14.8. The maximum absolute atomic E-state index is 6.17. The van der Waals surface area contributed by atoms with Gasteiger partial charge >= 0.3 is 0 Å². The smallest absolute Gasteiger partial charge is 0.231 e. The zero-order valence-corrected chi connectivity index (χ0v) is 13.7. The third-order valence-corrected chi connectivity index (χ3v) is 4.87. The van der Waals surface area contributed by atoms with Crippen LogP contribution in [-0.2, 0) is 0 Å². The Morgan fingerprint density at radius 1 is 0.810 bits per heavy atom. The third-order valence-electron chi connectivity index (χ3n) is 4.70. The number of piperidine rings is 2. The number of nitrogens with zero attached hydrogens (tertiary/aromatic N) is 5. The molecule has 6 heteroatoms. The molecule has 3 rings (SSSR count). The zero-order valence-electron chi connectivity index (χ0n) is 12.9. The van der Waals surface area contributed by atoms with Gasteiger partial charge in [0.2, 0.25) is 17.2 Å². The van der Waals surface area contributed by atoms with Crippen molar-refractivity contribution in [1.82, 2.24) is 15.0 Å². The molecule has 2 saturated heterocycles. The molecule has 0 unspecified atom stereocenters. The highest BCUT2D eigenvalue weighted by Gasteiger charge is 2.25. The lowest BCUT2D eigenvalue weighted by atomic mass is 10.0. The molecule has 0 saturated carbocycles. The molecule has 1 aromatic rings. The molecule has 2 aliphatic heterocycles. The molecule has 0 spiro atoms. The van der Waals surface area contributed by atoms with Crippen LogP contribution in [0.1, 0.15) is 52.4 Å². The summed E-state index contributed by atoms with van der Waals surface area (Å²) in [6.07, 6.45) is 7.35. The van der Waals surface area contributed by atoms with Crippen molar-refractivity contribution in [1.29, 1.82) is 0 Å². The first-order chi connectivity index (χ1) is 10.1. The van der Waals surface area contributed by atoms with Crippen molar-refractivity contribution < 1.29 is 0 Å². The summed E-state index contributed by atoms with van der Waals surface area (Å²) in [5, 5.41) is 0.311. The summed E-state index contributed by atoms with van der Waals surface area (Å²) in [4.78, 5) is 18.0. The van der Waals surface area contributed by atoms with Crippen LogP contribution in [0.5, 0.6) is 0 Å². The van der Waals surface area contributed by atoms with Crippen LogP contribution in [0, 0.1) is 0 Å². The number of halogens is 1. The van der Waals surface area contributed by atoms with E-state index in [2.05, 4.69) is 33.6 Å². The molecule has 0 amide bonds. The highest BCUT2D eigenvalue weighted by Crippen LogP contribution is 2.26. The monoisotopic (exact) mass is 309 g/mol. The van der Waals surface area contributed by atoms with Crippen molar-refractivity contribution in [2.24, 2.45) is 0 Å². The van der Waals surface area contributed by atoms with Gasteiger partial charge in [-0.1, -0.05) is 0 Å². The Bertz CT molecular complexity index is 455. The molecule has 21 heavy (non-hydrogen) atoms. The summed E-state index contributed by atoms with van der Waals surface area (Å²) >= 11 is 6.17. The fraction of sp³-hybridized carbons (Fsp3) is 0.800. The van der Waals surface area contributed by atoms with E-state index in [4.69, 9.17) is 16.6 Å². The average Bonchev–Trinajstić information content (AvgIpc) is 2.47. The molecule has 116 valence electrons. The molecule has 1 aromatic heterocycles. The molecule has 0 radical (unpaired) electrons. The Balaban J connectivity index is 1.88. The predicted octanol–water partition coefficient (Wildman–Crippen LogP) is 3.28. The van der Waals surface area contributed by atoms with Gasteiger partial charge in [-0.3, -0.25) is 0 Å². The molecule has 2 fully saturated rings. The fourth-order valence-corrected chi connectivity index (χ4v) is 3.53. The second-order valence-corrected chi connectivity index (χ2v) is 6.62. The summed E-state index contributed by atoms with van der Waals surface area (Å²) in [6, 6.07) is 0.952. The number of hydrogen-bond donors (Lipinski definition) is 0. The highest BCUT2D eigenvalue weighted by atomic mass is 35.5. The molecule has 3 heterocycles. The molecular formula is C15H24ClN5. The van der Waals surface area contributed by atoms with Gasteiger partial charge in [0, 0.05) is 25.2 Å². The lowest BCUT2D eigenvalue weighted by molar-refractivity contribution is 0.467. The summed E-state index contributed by atoms with van der Waals surface area (Å²) in [5.41, 5.74) is 0. The summed E-state index contributed by atoms with van der Waals surface area (Å²) in [7, 11) is 0. The van der Waals surface area contributed by atoms with E-state index < -0.39 is 0 Å². The van der Waals surface area contributed by atoms with E-state index in [1.807, 2.05) is 0 Å². The molecular weight excluding hydrogens is 286 g/mol. The van der Waals surface area contributed by atoms with E-state index >= 15 is 0 Å². The normalized spacial score (nSPS) is 27.0. The number of hydrogen-bond acceptors (Lipinski definition) is 5. The maximum atomic E-state index is 6.17. The number of aromatic nitrogens is 3. The Morgan fingerprint density at radius 2 is 1.29 bits per heavy atom. The average molecular weight is 310 g/mol. The Hall–Kier alpha value is -1.10. The van der Waals surface area contributed by atoms with Gasteiger partial charge in [0.1, 0.15) is 0 Å². The molecule has 5 nitrogen and oxygen atoms in total. The van der Waals surface area contributed by atoms with Gasteiger partial charge in [-0.15, -0.1) is 0 Å². The summed E-state index contributed by atoms with van der Waals surface area (Å²) < 4.78 is 0. The van der Waals surface area contributed by atoms with Crippen LogP contribution < -0.4 is 9.80 Å². The largest absolute Gasteiger partial charge is 0.338 e. The van der Waals surface area contributed by atoms with Crippen LogP contribution in [0.15, 0.2) is 0 Å². The van der Waals surface area contributed by atoms with E-state index in [0.29, 0.717) is 17.4 Å². The fourth-order valence-electron chi connectivity index (χ4n) is 3.38. The minimum atomic E-state index is 0.311. The van der Waals surface area contributed by atoms with Crippen LogP contribution >= 0.6 is 11.6 Å². The molecule has 0 bridgehead atoms. The van der Waals surface area contributed by atoms with Gasteiger partial charge < -0.3 is 9.80 Å². The van der Waals surface area contributed by atoms with Crippen LogP contribution in [-0.4, -0.2) is 40.1 Å². The number of anilines is 2. The first-order valence-electron chi connectivity index (χ1n) is 8.10. The van der Waals surface area contributed by atoms with E-state index in [9.17, 15) is 0 Å². The van der Waals surface area contributed by atoms with Gasteiger partial charge in [-0.25, -0.2) is 0 Å². The van der Waals surface area contributed by atoms with Crippen molar-refractivity contribution >= 4 is 23.5 Å². The SMILES string of the molecule is C[C@@H]1CCCCN1c1nc(Cl)nc(N2CCCC[C@@H]2C)n1. The van der Waals surface area contributed by atoms with E-state index in [-0.39, 0.29) is 0 Å². The van der Waals surface area contributed by atoms with Crippen molar-refractivity contribution in [2.75, 3.05) is 22.9 Å². The lowest BCUT2D eigenvalue weighted by Crippen LogP contribution is -2.41. The Kier molecular flexibility index (Phi) is 4.48. The van der Waals surface area contributed by atoms with Gasteiger partial charge in [0.25, 0.3) is 0 Å². The molecule has 0 N–H and O–H groups in total. The van der Waals surface area contributed by atoms with Crippen LogP contribution in [0.25, 0.3) is 0 Å². The standard InChI is InChI=1S/C15H24ClN5/c1-11-7-3-5-9-20(11)14-17-13(16)18-15(19-14)21-10-6-4-8-12(21)2/h11-12H,3-10H2,1-2H3/t11-,12+. The molecule has 0 aromatic carbocycles. The summed E-state index contributed by atoms with van der Waals surface area (Å²) in [6.45, 7) is 6.49. The van der Waals surface area contributed by atoms with Crippen LogP contribution in [0.2, 0.25) is 5.28 Å². The first-order valence-corrected chi connectivity index (χ1v) is 8.48. The molecule has 2 atom stereocenters.